The second-order valence-corrected chi connectivity index (χ2v) is 12.8. The molecule has 0 aliphatic rings. The maximum absolute atomic E-state index is 12.1. The molecule has 0 bridgehead atoms. The Morgan fingerprint density at radius 1 is 1.07 bits per heavy atom. The summed E-state index contributed by atoms with van der Waals surface area (Å²) in [6, 6.07) is 15.9. The third-order valence-corrected chi connectivity index (χ3v) is 6.77. The summed E-state index contributed by atoms with van der Waals surface area (Å²) in [6.45, 7) is 5.61. The number of hydrogen-bond acceptors (Lipinski definition) is 6. The van der Waals surface area contributed by atoms with Crippen LogP contribution in [-0.2, 0) is 10.7 Å². The van der Waals surface area contributed by atoms with Crippen LogP contribution in [0, 0.1) is 6.92 Å². The molecule has 0 amide bonds. The van der Waals surface area contributed by atoms with Crippen molar-refractivity contribution < 1.29 is 4.57 Å². The number of fused-ring (bicyclic) bond motifs is 1. The predicted octanol–water partition coefficient (Wildman–Crippen LogP) is 7.26. The van der Waals surface area contributed by atoms with Crippen molar-refractivity contribution in [3.05, 3.63) is 70.3 Å². The van der Waals surface area contributed by atoms with Gasteiger partial charge in [-0.1, -0.05) is 23.7 Å². The van der Waals surface area contributed by atoms with Gasteiger partial charge in [0, 0.05) is 23.6 Å². The number of thiazole rings is 1. The standard InChI is InChI=1S/C22H22ClN4OPS/c1-14-25-20-10-17(7-8-21(20)30-14)26-19-11-22(24-12-18(19)23)27-16-6-4-5-15(9-16)13-29(2,3)28/h4-12H,13H2,1-3H3,(H2,24,26,27). The zero-order valence-corrected chi connectivity index (χ0v) is 19.4. The van der Waals surface area contributed by atoms with Crippen LogP contribution in [0.2, 0.25) is 5.02 Å². The van der Waals surface area contributed by atoms with Gasteiger partial charge in [0.25, 0.3) is 0 Å². The Bertz CT molecular complexity index is 1270. The second kappa shape index (κ2) is 8.38. The molecule has 2 heterocycles. The van der Waals surface area contributed by atoms with Gasteiger partial charge in [-0.15, -0.1) is 11.3 Å². The van der Waals surface area contributed by atoms with Crippen molar-refractivity contribution in [2.75, 3.05) is 24.0 Å². The van der Waals surface area contributed by atoms with Crippen LogP contribution in [0.25, 0.3) is 10.2 Å². The molecule has 2 N–H and O–H groups in total. The maximum atomic E-state index is 12.1. The predicted molar refractivity (Wildman–Crippen MR) is 130 cm³/mol. The van der Waals surface area contributed by atoms with Gasteiger partial charge in [0.05, 0.1) is 39.3 Å². The highest BCUT2D eigenvalue weighted by Crippen LogP contribution is 2.40. The van der Waals surface area contributed by atoms with Gasteiger partial charge in [-0.25, -0.2) is 9.97 Å². The topological polar surface area (TPSA) is 66.9 Å². The van der Waals surface area contributed by atoms with Gasteiger partial charge < -0.3 is 15.2 Å². The van der Waals surface area contributed by atoms with Gasteiger partial charge in [0.1, 0.15) is 5.82 Å². The van der Waals surface area contributed by atoms with Crippen molar-refractivity contribution in [1.82, 2.24) is 9.97 Å². The molecule has 0 aliphatic heterocycles. The van der Waals surface area contributed by atoms with Crippen molar-refractivity contribution in [3.63, 3.8) is 0 Å². The van der Waals surface area contributed by atoms with E-state index in [1.54, 1.807) is 30.9 Å². The van der Waals surface area contributed by atoms with Crippen molar-refractivity contribution in [1.29, 1.82) is 0 Å². The van der Waals surface area contributed by atoms with Crippen molar-refractivity contribution in [2.24, 2.45) is 0 Å². The van der Waals surface area contributed by atoms with E-state index in [2.05, 4.69) is 26.7 Å². The number of anilines is 4. The molecule has 2 aromatic heterocycles. The van der Waals surface area contributed by atoms with Gasteiger partial charge in [-0.05, 0) is 56.1 Å². The lowest BCUT2D eigenvalue weighted by molar-refractivity contribution is 0.582. The molecule has 154 valence electrons. The molecule has 8 heteroatoms. The van der Waals surface area contributed by atoms with E-state index in [1.165, 1.54) is 0 Å². The highest BCUT2D eigenvalue weighted by molar-refractivity contribution is 7.61. The molecule has 2 aromatic carbocycles. The number of aryl methyl sites for hydroxylation is 1. The molecule has 0 saturated carbocycles. The molecule has 0 fully saturated rings. The zero-order valence-electron chi connectivity index (χ0n) is 16.9. The Morgan fingerprint density at radius 2 is 1.87 bits per heavy atom. The summed E-state index contributed by atoms with van der Waals surface area (Å²) in [5.74, 6) is 0.667. The van der Waals surface area contributed by atoms with Gasteiger partial charge in [0.2, 0.25) is 0 Å². The Balaban J connectivity index is 1.55. The molecule has 0 aliphatic carbocycles. The van der Waals surface area contributed by atoms with Crippen molar-refractivity contribution >= 4 is 63.2 Å². The SMILES string of the molecule is Cc1nc2cc(Nc3cc(Nc4cccc(CP(C)(C)=O)c4)ncc3Cl)ccc2s1. The molecule has 0 spiro atoms. The van der Waals surface area contributed by atoms with E-state index in [4.69, 9.17) is 11.6 Å². The van der Waals surface area contributed by atoms with E-state index in [-0.39, 0.29) is 0 Å². The third-order valence-electron chi connectivity index (χ3n) is 4.39. The number of nitrogens with zero attached hydrogens (tertiary/aromatic N) is 2. The zero-order chi connectivity index (χ0) is 21.3. The van der Waals surface area contributed by atoms with Gasteiger partial charge in [0.15, 0.2) is 0 Å². The largest absolute Gasteiger partial charge is 0.354 e. The minimum absolute atomic E-state index is 0.529. The second-order valence-electron chi connectivity index (χ2n) is 7.65. The van der Waals surface area contributed by atoms with E-state index in [0.29, 0.717) is 17.0 Å². The quantitative estimate of drug-likeness (QED) is 0.299. The van der Waals surface area contributed by atoms with E-state index in [9.17, 15) is 4.57 Å². The first-order valence-electron chi connectivity index (χ1n) is 9.45. The van der Waals surface area contributed by atoms with Gasteiger partial charge in [-0.3, -0.25) is 0 Å². The number of halogens is 1. The third kappa shape index (κ3) is 5.20. The van der Waals surface area contributed by atoms with Crippen LogP contribution in [0.4, 0.5) is 22.9 Å². The molecular formula is C22H22ClN4OPS. The van der Waals surface area contributed by atoms with Crippen LogP contribution < -0.4 is 10.6 Å². The fraction of sp³-hybridized carbons (Fsp3) is 0.182. The minimum atomic E-state index is -2.13. The first-order chi connectivity index (χ1) is 14.2. The molecule has 5 nitrogen and oxygen atoms in total. The summed E-state index contributed by atoms with van der Waals surface area (Å²) < 4.78 is 13.3. The first kappa shape index (κ1) is 20.9. The number of pyridine rings is 1. The summed E-state index contributed by atoms with van der Waals surface area (Å²) in [5, 5.41) is 8.24. The fourth-order valence-electron chi connectivity index (χ4n) is 3.21. The molecule has 0 radical (unpaired) electrons. The van der Waals surface area contributed by atoms with Crippen LogP contribution in [0.15, 0.2) is 54.7 Å². The Hall–Kier alpha value is -2.40. The summed E-state index contributed by atoms with van der Waals surface area (Å²) in [5.41, 5.74) is 4.55. The lowest BCUT2D eigenvalue weighted by atomic mass is 10.2. The average molecular weight is 457 g/mol. The summed E-state index contributed by atoms with van der Waals surface area (Å²) in [6.07, 6.45) is 2.19. The molecule has 4 rings (SSSR count). The lowest BCUT2D eigenvalue weighted by Gasteiger charge is -2.13. The highest BCUT2D eigenvalue weighted by Gasteiger charge is 2.10. The normalized spacial score (nSPS) is 11.6. The number of benzene rings is 2. The summed E-state index contributed by atoms with van der Waals surface area (Å²) in [7, 11) is -2.13. The molecule has 0 saturated heterocycles. The Kier molecular flexibility index (Phi) is 5.83. The average Bonchev–Trinajstić information content (AvgIpc) is 3.03. The number of rotatable bonds is 6. The maximum Gasteiger partial charge on any atom is 0.132 e. The smallest absolute Gasteiger partial charge is 0.132 e. The first-order valence-corrected chi connectivity index (χ1v) is 13.4. The van der Waals surface area contributed by atoms with Crippen molar-refractivity contribution in [2.45, 2.75) is 13.1 Å². The lowest BCUT2D eigenvalue weighted by Crippen LogP contribution is -1.98. The Morgan fingerprint density at radius 3 is 2.67 bits per heavy atom. The molecule has 4 aromatic rings. The van der Waals surface area contributed by atoms with Crippen LogP contribution >= 0.6 is 30.1 Å². The summed E-state index contributed by atoms with van der Waals surface area (Å²) >= 11 is 8.05. The molecular weight excluding hydrogens is 435 g/mol. The van der Waals surface area contributed by atoms with E-state index < -0.39 is 7.14 Å². The number of aromatic nitrogens is 2. The molecule has 0 atom stereocenters. The minimum Gasteiger partial charge on any atom is -0.354 e. The number of hydrogen-bond donors (Lipinski definition) is 2. The van der Waals surface area contributed by atoms with Crippen LogP contribution in [0.1, 0.15) is 10.6 Å². The molecule has 30 heavy (non-hydrogen) atoms. The van der Waals surface area contributed by atoms with E-state index >= 15 is 0 Å². The van der Waals surface area contributed by atoms with Gasteiger partial charge in [-0.2, -0.15) is 0 Å². The summed E-state index contributed by atoms with van der Waals surface area (Å²) in [4.78, 5) is 8.93. The monoisotopic (exact) mass is 456 g/mol. The van der Waals surface area contributed by atoms with E-state index in [1.807, 2.05) is 49.4 Å². The number of nitrogens with one attached hydrogen (secondary N) is 2. The van der Waals surface area contributed by atoms with Gasteiger partial charge >= 0.3 is 0 Å². The fourth-order valence-corrected chi connectivity index (χ4v) is 5.25. The highest BCUT2D eigenvalue weighted by atomic mass is 35.5. The Labute approximate surface area is 184 Å². The van der Waals surface area contributed by atoms with Crippen LogP contribution in [-0.4, -0.2) is 23.3 Å². The molecule has 0 unspecified atom stereocenters. The van der Waals surface area contributed by atoms with Crippen LogP contribution in [0.5, 0.6) is 0 Å². The van der Waals surface area contributed by atoms with E-state index in [0.717, 1.165) is 37.8 Å². The van der Waals surface area contributed by atoms with Crippen LogP contribution in [0.3, 0.4) is 0 Å². The van der Waals surface area contributed by atoms with Crippen molar-refractivity contribution in [3.8, 4) is 0 Å².